The number of thioether (sulfide) groups is 1. The van der Waals surface area contributed by atoms with Gasteiger partial charge in [0.25, 0.3) is 0 Å². The van der Waals surface area contributed by atoms with E-state index in [9.17, 15) is 0 Å². The highest BCUT2D eigenvalue weighted by Gasteiger charge is 2.19. The van der Waals surface area contributed by atoms with Gasteiger partial charge < -0.3 is 10.1 Å². The lowest BCUT2D eigenvalue weighted by Gasteiger charge is -2.13. The molecule has 1 aromatic heterocycles. The fraction of sp³-hybridized carbons (Fsp3) is 0.0952. The van der Waals surface area contributed by atoms with Crippen LogP contribution in [0.3, 0.4) is 0 Å². The standard InChI is InChI=1S/C21H18N2OS/c1-24-17-8-6-16(7-9-17)21-14-19(15-10-12-22-13-11-15)23-18-4-2-3-5-20(18)25-21/h2-14,21,23H,1H3. The smallest absolute Gasteiger partial charge is 0.118 e. The zero-order chi connectivity index (χ0) is 17.1. The summed E-state index contributed by atoms with van der Waals surface area (Å²) >= 11 is 1.85. The lowest BCUT2D eigenvalue weighted by atomic mass is 10.1. The highest BCUT2D eigenvalue weighted by molar-refractivity contribution is 7.99. The van der Waals surface area contributed by atoms with Gasteiger partial charge in [-0.2, -0.15) is 0 Å². The van der Waals surface area contributed by atoms with E-state index >= 15 is 0 Å². The van der Waals surface area contributed by atoms with E-state index in [0.717, 1.165) is 22.7 Å². The van der Waals surface area contributed by atoms with Crippen LogP contribution in [0.1, 0.15) is 16.4 Å². The molecule has 1 unspecified atom stereocenters. The Morgan fingerprint density at radius 2 is 1.72 bits per heavy atom. The molecule has 1 aliphatic heterocycles. The first-order chi connectivity index (χ1) is 12.3. The van der Waals surface area contributed by atoms with Gasteiger partial charge in [-0.1, -0.05) is 24.3 Å². The van der Waals surface area contributed by atoms with Crippen molar-refractivity contribution in [2.45, 2.75) is 10.1 Å². The third-order valence-corrected chi connectivity index (χ3v) is 5.44. The molecule has 4 rings (SSSR count). The second-order valence-corrected chi connectivity index (χ2v) is 6.93. The second-order valence-electron chi connectivity index (χ2n) is 5.75. The minimum Gasteiger partial charge on any atom is -0.497 e. The van der Waals surface area contributed by atoms with Crippen molar-refractivity contribution in [1.29, 1.82) is 0 Å². The summed E-state index contributed by atoms with van der Waals surface area (Å²) in [6.07, 6.45) is 5.93. The maximum absolute atomic E-state index is 5.29. The number of nitrogens with one attached hydrogen (secondary N) is 1. The largest absolute Gasteiger partial charge is 0.497 e. The summed E-state index contributed by atoms with van der Waals surface area (Å²) in [6, 6.07) is 20.8. The summed E-state index contributed by atoms with van der Waals surface area (Å²) in [5, 5.41) is 3.80. The summed E-state index contributed by atoms with van der Waals surface area (Å²) in [5.41, 5.74) is 4.61. The number of aromatic nitrogens is 1. The van der Waals surface area contributed by atoms with Gasteiger partial charge >= 0.3 is 0 Å². The molecule has 3 aromatic rings. The molecule has 25 heavy (non-hydrogen) atoms. The van der Waals surface area contributed by atoms with Crippen LogP contribution < -0.4 is 10.1 Å². The Labute approximate surface area is 151 Å². The third-order valence-electron chi connectivity index (χ3n) is 4.16. The molecule has 0 radical (unpaired) electrons. The summed E-state index contributed by atoms with van der Waals surface area (Å²) in [6.45, 7) is 0. The van der Waals surface area contributed by atoms with Gasteiger partial charge in [0.15, 0.2) is 0 Å². The highest BCUT2D eigenvalue weighted by Crippen LogP contribution is 2.44. The first-order valence-electron chi connectivity index (χ1n) is 8.12. The van der Waals surface area contributed by atoms with Gasteiger partial charge in [-0.15, -0.1) is 11.8 Å². The van der Waals surface area contributed by atoms with Crippen molar-refractivity contribution in [3.63, 3.8) is 0 Å². The second kappa shape index (κ2) is 7.03. The SMILES string of the molecule is COc1ccc(C2C=C(c3ccncc3)Nc3ccccc3S2)cc1. The van der Waals surface area contributed by atoms with Gasteiger partial charge in [-0.25, -0.2) is 0 Å². The zero-order valence-electron chi connectivity index (χ0n) is 13.8. The fourth-order valence-corrected chi connectivity index (χ4v) is 4.01. The van der Waals surface area contributed by atoms with Crippen molar-refractivity contribution in [3.8, 4) is 5.75 Å². The fourth-order valence-electron chi connectivity index (χ4n) is 2.84. The predicted molar refractivity (Wildman–Crippen MR) is 104 cm³/mol. The van der Waals surface area contributed by atoms with Gasteiger partial charge in [0.1, 0.15) is 5.75 Å². The van der Waals surface area contributed by atoms with E-state index < -0.39 is 0 Å². The molecule has 0 saturated carbocycles. The number of para-hydroxylation sites is 1. The topological polar surface area (TPSA) is 34.1 Å². The van der Waals surface area contributed by atoms with Crippen LogP contribution in [0.15, 0.2) is 84.0 Å². The van der Waals surface area contributed by atoms with Crippen molar-refractivity contribution >= 4 is 23.1 Å². The Hall–Kier alpha value is -2.72. The number of hydrogen-bond acceptors (Lipinski definition) is 4. The Bertz CT molecular complexity index is 891. The molecule has 0 spiro atoms. The van der Waals surface area contributed by atoms with Gasteiger partial charge in [0.2, 0.25) is 0 Å². The Morgan fingerprint density at radius 1 is 0.960 bits per heavy atom. The lowest BCUT2D eigenvalue weighted by Crippen LogP contribution is -1.99. The van der Waals surface area contributed by atoms with Crippen molar-refractivity contribution in [2.75, 3.05) is 12.4 Å². The molecule has 0 amide bonds. The summed E-state index contributed by atoms with van der Waals surface area (Å²) < 4.78 is 5.29. The lowest BCUT2D eigenvalue weighted by molar-refractivity contribution is 0.414. The number of fused-ring (bicyclic) bond motifs is 1. The quantitative estimate of drug-likeness (QED) is 0.689. The summed E-state index contributed by atoms with van der Waals surface area (Å²) in [4.78, 5) is 5.37. The van der Waals surface area contributed by atoms with E-state index in [-0.39, 0.29) is 5.25 Å². The van der Waals surface area contributed by atoms with Crippen molar-refractivity contribution in [1.82, 2.24) is 4.98 Å². The van der Waals surface area contributed by atoms with Crippen LogP contribution in [0, 0.1) is 0 Å². The van der Waals surface area contributed by atoms with Crippen molar-refractivity contribution in [3.05, 3.63) is 90.3 Å². The van der Waals surface area contributed by atoms with E-state index in [1.165, 1.54) is 10.5 Å². The average Bonchev–Trinajstić information content (AvgIpc) is 2.88. The molecule has 4 heteroatoms. The first kappa shape index (κ1) is 15.8. The number of anilines is 1. The van der Waals surface area contributed by atoms with Crippen LogP contribution >= 0.6 is 11.8 Å². The Morgan fingerprint density at radius 3 is 2.48 bits per heavy atom. The summed E-state index contributed by atoms with van der Waals surface area (Å²) in [7, 11) is 1.69. The molecule has 1 N–H and O–H groups in total. The molecule has 3 nitrogen and oxygen atoms in total. The maximum atomic E-state index is 5.29. The molecule has 0 fully saturated rings. The number of rotatable bonds is 3. The van der Waals surface area contributed by atoms with E-state index in [4.69, 9.17) is 4.74 Å². The minimum absolute atomic E-state index is 0.213. The maximum Gasteiger partial charge on any atom is 0.118 e. The van der Waals surface area contributed by atoms with Crippen molar-refractivity contribution < 1.29 is 4.74 Å². The number of methoxy groups -OCH3 is 1. The third kappa shape index (κ3) is 3.39. The number of ether oxygens (including phenoxy) is 1. The van der Waals surface area contributed by atoms with E-state index in [2.05, 4.69) is 52.8 Å². The molecular weight excluding hydrogens is 328 g/mol. The van der Waals surface area contributed by atoms with Crippen LogP contribution in [0.2, 0.25) is 0 Å². The molecule has 2 aromatic carbocycles. The van der Waals surface area contributed by atoms with E-state index in [1.807, 2.05) is 48.4 Å². The Balaban J connectivity index is 1.78. The summed E-state index contributed by atoms with van der Waals surface area (Å²) in [5.74, 6) is 0.874. The monoisotopic (exact) mass is 346 g/mol. The van der Waals surface area contributed by atoms with E-state index in [0.29, 0.717) is 0 Å². The molecule has 0 saturated heterocycles. The van der Waals surface area contributed by atoms with Crippen molar-refractivity contribution in [2.24, 2.45) is 0 Å². The number of benzene rings is 2. The van der Waals surface area contributed by atoms with Crippen LogP contribution in [0.5, 0.6) is 5.75 Å². The van der Waals surface area contributed by atoms with Crippen LogP contribution in [0.25, 0.3) is 5.70 Å². The minimum atomic E-state index is 0.213. The van der Waals surface area contributed by atoms with Crippen LogP contribution in [-0.2, 0) is 0 Å². The normalized spacial score (nSPS) is 16.2. The molecule has 124 valence electrons. The molecule has 0 aliphatic carbocycles. The van der Waals surface area contributed by atoms with Gasteiger partial charge in [-0.3, -0.25) is 4.98 Å². The Kier molecular flexibility index (Phi) is 4.44. The first-order valence-corrected chi connectivity index (χ1v) is 9.00. The van der Waals surface area contributed by atoms with Crippen LogP contribution in [0.4, 0.5) is 5.69 Å². The molecular formula is C21H18N2OS. The average molecular weight is 346 g/mol. The molecule has 1 atom stereocenters. The van der Waals surface area contributed by atoms with E-state index in [1.54, 1.807) is 7.11 Å². The number of hydrogen-bond donors (Lipinski definition) is 1. The molecule has 2 heterocycles. The van der Waals surface area contributed by atoms with Gasteiger partial charge in [0.05, 0.1) is 18.0 Å². The molecule has 0 bridgehead atoms. The number of pyridine rings is 1. The number of nitrogens with zero attached hydrogens (tertiary/aromatic N) is 1. The highest BCUT2D eigenvalue weighted by atomic mass is 32.2. The van der Waals surface area contributed by atoms with Gasteiger partial charge in [-0.05, 0) is 48.0 Å². The van der Waals surface area contributed by atoms with Gasteiger partial charge in [0, 0.05) is 28.5 Å². The van der Waals surface area contributed by atoms with Crippen LogP contribution in [-0.4, -0.2) is 12.1 Å². The molecule has 1 aliphatic rings. The predicted octanol–water partition coefficient (Wildman–Crippen LogP) is 5.39. The zero-order valence-corrected chi connectivity index (χ0v) is 14.7.